The summed E-state index contributed by atoms with van der Waals surface area (Å²) in [6.45, 7) is 1.71. The molecule has 38 heavy (non-hydrogen) atoms. The summed E-state index contributed by atoms with van der Waals surface area (Å²) >= 11 is 0. The van der Waals surface area contributed by atoms with Gasteiger partial charge in [0.15, 0.2) is 6.04 Å². The molecule has 0 saturated heterocycles. The number of nitrogens with one attached hydrogen (secondary N) is 4. The topological polar surface area (TPSA) is 226 Å². The molecule has 0 spiro atoms. The van der Waals surface area contributed by atoms with Crippen molar-refractivity contribution in [2.75, 3.05) is 6.54 Å². The zero-order chi connectivity index (χ0) is 28.1. The van der Waals surface area contributed by atoms with Gasteiger partial charge in [0.05, 0.1) is 18.5 Å². The van der Waals surface area contributed by atoms with Crippen molar-refractivity contribution in [3.63, 3.8) is 0 Å². The maximum absolute atomic E-state index is 13.4. The Morgan fingerprint density at radius 1 is 0.974 bits per heavy atom. The monoisotopic (exact) mass is 531 g/mol. The molecule has 13 heteroatoms. The van der Waals surface area contributed by atoms with Gasteiger partial charge in [-0.3, -0.25) is 14.4 Å². The number of hydrogen-bond donors (Lipinski definition) is 8. The number of nitrogens with two attached hydrogens (primary N) is 2. The van der Waals surface area contributed by atoms with Gasteiger partial charge < -0.3 is 42.6 Å². The van der Waals surface area contributed by atoms with E-state index in [1.165, 1.54) is 19.4 Å². The zero-order valence-corrected chi connectivity index (χ0v) is 21.3. The van der Waals surface area contributed by atoms with E-state index in [1.807, 2.05) is 0 Å². The van der Waals surface area contributed by atoms with Crippen molar-refractivity contribution in [1.29, 1.82) is 0 Å². The summed E-state index contributed by atoms with van der Waals surface area (Å²) in [7, 11) is 0. The lowest BCUT2D eigenvalue weighted by molar-refractivity contribution is -0.145. The number of H-pyrrole nitrogens is 1. The fourth-order valence-electron chi connectivity index (χ4n) is 3.72. The van der Waals surface area contributed by atoms with E-state index in [1.54, 1.807) is 30.3 Å². The molecule has 13 nitrogen and oxygen atoms in total. The Hall–Kier alpha value is -3.81. The van der Waals surface area contributed by atoms with Gasteiger partial charge in [-0.2, -0.15) is 0 Å². The lowest BCUT2D eigenvalue weighted by Crippen LogP contribution is -2.59. The number of carbonyl (C=O) groups excluding carboxylic acids is 3. The van der Waals surface area contributed by atoms with Gasteiger partial charge in [-0.05, 0) is 31.9 Å². The van der Waals surface area contributed by atoms with Crippen molar-refractivity contribution >= 4 is 23.7 Å². The highest BCUT2D eigenvalue weighted by Gasteiger charge is 2.32. The Morgan fingerprint density at radius 2 is 1.61 bits per heavy atom. The number of aliphatic hydroxyl groups is 1. The Morgan fingerprint density at radius 3 is 2.18 bits per heavy atom. The van der Waals surface area contributed by atoms with Gasteiger partial charge >= 0.3 is 5.97 Å². The fraction of sp³-hybridized carbons (Fsp3) is 0.480. The zero-order valence-electron chi connectivity index (χ0n) is 21.3. The van der Waals surface area contributed by atoms with Crippen molar-refractivity contribution in [2.24, 2.45) is 11.5 Å². The van der Waals surface area contributed by atoms with E-state index in [0.717, 1.165) is 0 Å². The van der Waals surface area contributed by atoms with Gasteiger partial charge in [0.2, 0.25) is 17.7 Å². The molecule has 10 N–H and O–H groups in total. The number of aromatic amines is 1. The van der Waals surface area contributed by atoms with E-state index < -0.39 is 54.0 Å². The van der Waals surface area contributed by atoms with Crippen LogP contribution in [0, 0.1) is 0 Å². The quantitative estimate of drug-likeness (QED) is 0.119. The highest BCUT2D eigenvalue weighted by atomic mass is 16.4. The minimum Gasteiger partial charge on any atom is -0.480 e. The van der Waals surface area contributed by atoms with Crippen LogP contribution in [-0.4, -0.2) is 80.7 Å². The third-order valence-corrected chi connectivity index (χ3v) is 5.88. The number of hydrogen-bond acceptors (Lipinski definition) is 8. The first-order valence-electron chi connectivity index (χ1n) is 12.4. The minimum absolute atomic E-state index is 0.0356. The fourth-order valence-corrected chi connectivity index (χ4v) is 3.72. The third kappa shape index (κ3) is 9.92. The molecule has 0 aliphatic carbocycles. The molecule has 0 aliphatic rings. The van der Waals surface area contributed by atoms with Crippen LogP contribution in [0.25, 0.3) is 0 Å². The number of aromatic nitrogens is 2. The summed E-state index contributed by atoms with van der Waals surface area (Å²) in [6.07, 6.45) is 3.37. The van der Waals surface area contributed by atoms with Crippen LogP contribution in [0.1, 0.15) is 37.4 Å². The van der Waals surface area contributed by atoms with Crippen LogP contribution in [0.3, 0.4) is 0 Å². The van der Waals surface area contributed by atoms with E-state index >= 15 is 0 Å². The second-order valence-corrected chi connectivity index (χ2v) is 9.05. The second kappa shape index (κ2) is 15.4. The number of amides is 3. The molecule has 1 aromatic carbocycles. The van der Waals surface area contributed by atoms with Crippen molar-refractivity contribution in [2.45, 2.75) is 69.3 Å². The Kier molecular flexibility index (Phi) is 12.4. The molecule has 2 aromatic rings. The molecular weight excluding hydrogens is 494 g/mol. The minimum atomic E-state index is -1.58. The summed E-state index contributed by atoms with van der Waals surface area (Å²) in [5, 5.41) is 26.7. The number of aliphatic carboxylic acids is 1. The van der Waals surface area contributed by atoms with Gasteiger partial charge in [-0.1, -0.05) is 36.8 Å². The first-order chi connectivity index (χ1) is 18.1. The van der Waals surface area contributed by atoms with Gasteiger partial charge in [0.25, 0.3) is 0 Å². The highest BCUT2D eigenvalue weighted by Crippen LogP contribution is 2.07. The number of carboxylic acids is 1. The van der Waals surface area contributed by atoms with Crippen LogP contribution >= 0.6 is 0 Å². The van der Waals surface area contributed by atoms with Crippen molar-refractivity contribution in [3.8, 4) is 0 Å². The lowest BCUT2D eigenvalue weighted by Gasteiger charge is -2.26. The second-order valence-electron chi connectivity index (χ2n) is 9.05. The molecule has 5 atom stereocenters. The number of carboxylic acid groups (broad SMARTS) is 1. The number of unbranched alkanes of at least 4 members (excludes halogenated alkanes) is 1. The number of carbonyl (C=O) groups is 4. The predicted molar refractivity (Wildman–Crippen MR) is 138 cm³/mol. The van der Waals surface area contributed by atoms with Gasteiger partial charge in [-0.25, -0.2) is 9.78 Å². The van der Waals surface area contributed by atoms with Gasteiger partial charge in [-0.15, -0.1) is 0 Å². The van der Waals surface area contributed by atoms with E-state index in [0.29, 0.717) is 37.1 Å². The third-order valence-electron chi connectivity index (χ3n) is 5.88. The molecule has 0 fully saturated rings. The molecule has 2 rings (SSSR count). The lowest BCUT2D eigenvalue weighted by atomic mass is 10.0. The van der Waals surface area contributed by atoms with Crippen LogP contribution in [0.15, 0.2) is 42.9 Å². The molecule has 1 aromatic heterocycles. The van der Waals surface area contributed by atoms with Crippen molar-refractivity contribution < 1.29 is 29.4 Å². The summed E-state index contributed by atoms with van der Waals surface area (Å²) < 4.78 is 0. The smallest absolute Gasteiger partial charge is 0.328 e. The SMILES string of the molecule is CC(O)C(NC(=O)C(Cc1ccccc1)NC(=O)C(Cc1cnc[nH]1)NC(=O)C(N)CCCCN)C(=O)O. The van der Waals surface area contributed by atoms with Crippen LogP contribution in [-0.2, 0) is 32.0 Å². The molecule has 1 heterocycles. The molecule has 0 bridgehead atoms. The summed E-state index contributed by atoms with van der Waals surface area (Å²) in [5.74, 6) is -3.44. The van der Waals surface area contributed by atoms with Gasteiger partial charge in [0.1, 0.15) is 12.1 Å². The maximum Gasteiger partial charge on any atom is 0.328 e. The molecule has 0 radical (unpaired) electrons. The summed E-state index contributed by atoms with van der Waals surface area (Å²) in [4.78, 5) is 57.5. The Labute approximate surface area is 220 Å². The van der Waals surface area contributed by atoms with E-state index in [9.17, 15) is 29.4 Å². The first kappa shape index (κ1) is 30.4. The van der Waals surface area contributed by atoms with Crippen molar-refractivity contribution in [3.05, 3.63) is 54.1 Å². The van der Waals surface area contributed by atoms with Crippen molar-refractivity contribution in [1.82, 2.24) is 25.9 Å². The average molecular weight is 532 g/mol. The number of aliphatic hydroxyl groups excluding tert-OH is 1. The number of benzene rings is 1. The number of imidazole rings is 1. The Bertz CT molecular complexity index is 1030. The van der Waals surface area contributed by atoms with Crippen LogP contribution in [0.2, 0.25) is 0 Å². The Balaban J connectivity index is 2.23. The molecule has 0 saturated carbocycles. The molecule has 208 valence electrons. The summed E-state index contributed by atoms with van der Waals surface area (Å²) in [6, 6.07) is 4.06. The number of rotatable bonds is 16. The van der Waals surface area contributed by atoms with E-state index in [-0.39, 0.29) is 12.8 Å². The van der Waals surface area contributed by atoms with Gasteiger partial charge in [0, 0.05) is 24.7 Å². The van der Waals surface area contributed by atoms with Crippen LogP contribution in [0.4, 0.5) is 0 Å². The normalized spacial score (nSPS) is 14.9. The van der Waals surface area contributed by atoms with Crippen LogP contribution in [0.5, 0.6) is 0 Å². The first-order valence-corrected chi connectivity index (χ1v) is 12.4. The molecular formula is C25H37N7O6. The maximum atomic E-state index is 13.4. The average Bonchev–Trinajstić information content (AvgIpc) is 3.39. The summed E-state index contributed by atoms with van der Waals surface area (Å²) in [5.41, 5.74) is 12.8. The highest BCUT2D eigenvalue weighted by molar-refractivity contribution is 5.94. The predicted octanol–water partition coefficient (Wildman–Crippen LogP) is -1.43. The molecule has 0 aliphatic heterocycles. The largest absolute Gasteiger partial charge is 0.480 e. The van der Waals surface area contributed by atoms with E-state index in [2.05, 4.69) is 25.9 Å². The van der Waals surface area contributed by atoms with E-state index in [4.69, 9.17) is 11.5 Å². The van der Waals surface area contributed by atoms with Crippen LogP contribution < -0.4 is 27.4 Å². The molecule has 3 amide bonds. The molecule has 5 unspecified atom stereocenters. The standard InChI is InChI=1S/C25H37N7O6/c1-15(33)21(25(37)38)32-24(36)19(11-16-7-3-2-4-8-16)31-23(35)20(12-17-13-28-14-29-17)30-22(34)18(27)9-5-6-10-26/h2-4,7-8,13-15,18-21,33H,5-6,9-12,26-27H2,1H3,(H,28,29)(H,30,34)(H,31,35)(H,32,36)(H,37,38). The number of nitrogens with zero attached hydrogens (tertiary/aromatic N) is 1.